The molecule has 1 fully saturated rings. The van der Waals surface area contributed by atoms with Gasteiger partial charge in [0, 0.05) is 18.3 Å². The molecule has 1 aliphatic carbocycles. The standard InChI is InChI=1S/C28H34N2O8/c1-30(2)8-6-5-7-23(31)29-26-17-12-20-19(37-14-38-20)11-16(17)24(25-18(26)13-36-28(25)33)15-9-21(34-3)27(32)22(10-15)35-4/h9-12,18,24-26,32H,5-8,13-14H2,1-4H3,(H,29,31)/t18?,24-,25+,26?/m1/s1. The molecular formula is C28H34N2O8. The van der Waals surface area contributed by atoms with E-state index in [2.05, 4.69) is 10.2 Å². The summed E-state index contributed by atoms with van der Waals surface area (Å²) in [5, 5.41) is 13.7. The third-order valence-electron chi connectivity index (χ3n) is 7.62. The van der Waals surface area contributed by atoms with Gasteiger partial charge in [-0.3, -0.25) is 9.59 Å². The van der Waals surface area contributed by atoms with Crippen LogP contribution in [0.1, 0.15) is 47.9 Å². The topological polar surface area (TPSA) is 116 Å². The summed E-state index contributed by atoms with van der Waals surface area (Å²) in [6.45, 7) is 1.20. The summed E-state index contributed by atoms with van der Waals surface area (Å²) in [6.07, 6.45) is 2.08. The first-order chi connectivity index (χ1) is 18.3. The molecule has 1 amide bonds. The molecule has 10 heteroatoms. The zero-order valence-corrected chi connectivity index (χ0v) is 22.1. The van der Waals surface area contributed by atoms with Crippen molar-refractivity contribution in [2.24, 2.45) is 11.8 Å². The van der Waals surface area contributed by atoms with Crippen molar-refractivity contribution >= 4 is 11.9 Å². The number of methoxy groups -OCH3 is 2. The lowest BCUT2D eigenvalue weighted by molar-refractivity contribution is -0.141. The van der Waals surface area contributed by atoms with Gasteiger partial charge in [0.05, 0.1) is 32.8 Å². The largest absolute Gasteiger partial charge is 0.502 e. The Morgan fingerprint density at radius 3 is 2.32 bits per heavy atom. The van der Waals surface area contributed by atoms with Gasteiger partial charge < -0.3 is 39.0 Å². The zero-order chi connectivity index (χ0) is 27.0. The van der Waals surface area contributed by atoms with Gasteiger partial charge in [-0.2, -0.15) is 0 Å². The highest BCUT2D eigenvalue weighted by atomic mass is 16.7. The van der Waals surface area contributed by atoms with E-state index in [1.807, 2.05) is 26.2 Å². The SMILES string of the molecule is COc1cc([C@@H]2c3cc4c(cc3C(NC(=O)CCCCN(C)C)C3COC(=O)[C@@H]32)OCO4)cc(OC)c1O. The minimum atomic E-state index is -0.569. The molecule has 5 rings (SSSR count). The molecule has 0 radical (unpaired) electrons. The van der Waals surface area contributed by atoms with Crippen LogP contribution in [0.25, 0.3) is 0 Å². The predicted molar refractivity (Wildman–Crippen MR) is 137 cm³/mol. The summed E-state index contributed by atoms with van der Waals surface area (Å²) >= 11 is 0. The Labute approximate surface area is 221 Å². The van der Waals surface area contributed by atoms with Gasteiger partial charge in [-0.25, -0.2) is 0 Å². The van der Waals surface area contributed by atoms with Crippen LogP contribution in [-0.4, -0.2) is 70.1 Å². The van der Waals surface area contributed by atoms with Gasteiger partial charge in [-0.1, -0.05) is 0 Å². The van der Waals surface area contributed by atoms with E-state index in [1.54, 1.807) is 12.1 Å². The first-order valence-corrected chi connectivity index (χ1v) is 12.8. The molecule has 0 spiro atoms. The third-order valence-corrected chi connectivity index (χ3v) is 7.62. The van der Waals surface area contributed by atoms with Gasteiger partial charge in [0.15, 0.2) is 23.0 Å². The molecule has 2 aliphatic heterocycles. The molecule has 0 saturated carbocycles. The smallest absolute Gasteiger partial charge is 0.310 e. The molecule has 0 aromatic heterocycles. The first-order valence-electron chi connectivity index (χ1n) is 12.8. The molecule has 38 heavy (non-hydrogen) atoms. The van der Waals surface area contributed by atoms with Gasteiger partial charge in [-0.15, -0.1) is 0 Å². The number of nitrogens with one attached hydrogen (secondary N) is 1. The van der Waals surface area contributed by atoms with Crippen LogP contribution in [0.5, 0.6) is 28.7 Å². The lowest BCUT2D eigenvalue weighted by atomic mass is 9.65. The lowest BCUT2D eigenvalue weighted by Crippen LogP contribution is -2.42. The quantitative estimate of drug-likeness (QED) is 0.376. The van der Waals surface area contributed by atoms with Crippen LogP contribution < -0.4 is 24.3 Å². The highest BCUT2D eigenvalue weighted by Crippen LogP contribution is 2.55. The van der Waals surface area contributed by atoms with Crippen LogP contribution in [0.2, 0.25) is 0 Å². The van der Waals surface area contributed by atoms with E-state index in [4.69, 9.17) is 23.7 Å². The van der Waals surface area contributed by atoms with E-state index in [-0.39, 0.29) is 48.4 Å². The maximum absolute atomic E-state index is 13.2. The number of nitrogens with zero attached hydrogens (tertiary/aromatic N) is 1. The number of carbonyl (C=O) groups is 2. The average Bonchev–Trinajstić information content (AvgIpc) is 3.52. The molecular weight excluding hydrogens is 492 g/mol. The number of unbranched alkanes of at least 4 members (excludes halogenated alkanes) is 1. The highest BCUT2D eigenvalue weighted by Gasteiger charge is 2.53. The van der Waals surface area contributed by atoms with Crippen molar-refractivity contribution in [3.05, 3.63) is 41.0 Å². The Morgan fingerprint density at radius 2 is 1.68 bits per heavy atom. The van der Waals surface area contributed by atoms with Crippen LogP contribution in [0.3, 0.4) is 0 Å². The molecule has 2 aromatic rings. The number of phenolic OH excluding ortho intramolecular Hbond substituents is 1. The molecule has 2 heterocycles. The second-order valence-corrected chi connectivity index (χ2v) is 10.2. The van der Waals surface area contributed by atoms with Gasteiger partial charge in [-0.05, 0) is 74.4 Å². The summed E-state index contributed by atoms with van der Waals surface area (Å²) in [5.74, 6) is -0.196. The van der Waals surface area contributed by atoms with Crippen LogP contribution in [0, 0.1) is 11.8 Å². The average molecular weight is 527 g/mol. The fourth-order valence-electron chi connectivity index (χ4n) is 5.80. The van der Waals surface area contributed by atoms with Crippen LogP contribution in [-0.2, 0) is 14.3 Å². The van der Waals surface area contributed by atoms with E-state index in [0.717, 1.165) is 36.1 Å². The molecule has 204 valence electrons. The van der Waals surface area contributed by atoms with E-state index in [1.165, 1.54) is 14.2 Å². The maximum atomic E-state index is 13.2. The summed E-state index contributed by atoms with van der Waals surface area (Å²) in [6, 6.07) is 6.77. The van der Waals surface area contributed by atoms with Crippen LogP contribution in [0.4, 0.5) is 0 Å². The third kappa shape index (κ3) is 4.69. The number of rotatable bonds is 9. The Hall–Kier alpha value is -3.66. The van der Waals surface area contributed by atoms with Crippen molar-refractivity contribution in [2.45, 2.75) is 31.2 Å². The number of cyclic esters (lactones) is 1. The minimum absolute atomic E-state index is 0.0677. The normalized spacial score (nSPS) is 23.0. The number of aromatic hydroxyl groups is 1. The molecule has 10 nitrogen and oxygen atoms in total. The van der Waals surface area contributed by atoms with Crippen molar-refractivity contribution < 1.29 is 38.4 Å². The molecule has 2 aromatic carbocycles. The van der Waals surface area contributed by atoms with Gasteiger partial charge in [0.25, 0.3) is 0 Å². The summed E-state index contributed by atoms with van der Waals surface area (Å²) in [4.78, 5) is 28.4. The number of esters is 1. The van der Waals surface area contributed by atoms with Crippen molar-refractivity contribution in [2.75, 3.05) is 48.3 Å². The fraction of sp³-hybridized carbons (Fsp3) is 0.500. The molecule has 2 N–H and O–H groups in total. The minimum Gasteiger partial charge on any atom is -0.502 e. The van der Waals surface area contributed by atoms with Crippen molar-refractivity contribution in [1.29, 1.82) is 0 Å². The van der Waals surface area contributed by atoms with Crippen molar-refractivity contribution in [1.82, 2.24) is 10.2 Å². The predicted octanol–water partition coefficient (Wildman–Crippen LogP) is 2.96. The van der Waals surface area contributed by atoms with Gasteiger partial charge in [0.1, 0.15) is 0 Å². The number of amides is 1. The Kier molecular flexibility index (Phi) is 7.25. The monoisotopic (exact) mass is 526 g/mol. The number of fused-ring (bicyclic) bond motifs is 3. The van der Waals surface area contributed by atoms with E-state index in [0.29, 0.717) is 17.9 Å². The van der Waals surface area contributed by atoms with Gasteiger partial charge >= 0.3 is 5.97 Å². The second kappa shape index (κ2) is 10.6. The van der Waals surface area contributed by atoms with Crippen LogP contribution >= 0.6 is 0 Å². The Morgan fingerprint density at radius 1 is 1.03 bits per heavy atom. The van der Waals surface area contributed by atoms with Crippen molar-refractivity contribution in [3.63, 3.8) is 0 Å². The Balaban J connectivity index is 1.56. The number of phenols is 1. The number of hydrogen-bond donors (Lipinski definition) is 2. The molecule has 3 aliphatic rings. The fourth-order valence-corrected chi connectivity index (χ4v) is 5.80. The number of hydrogen-bond acceptors (Lipinski definition) is 9. The summed E-state index contributed by atoms with van der Waals surface area (Å²) < 4.78 is 27.7. The van der Waals surface area contributed by atoms with E-state index < -0.39 is 17.9 Å². The van der Waals surface area contributed by atoms with Gasteiger partial charge in [0.2, 0.25) is 18.4 Å². The highest BCUT2D eigenvalue weighted by molar-refractivity contribution is 5.81. The van der Waals surface area contributed by atoms with Crippen molar-refractivity contribution in [3.8, 4) is 28.7 Å². The summed E-state index contributed by atoms with van der Waals surface area (Å²) in [7, 11) is 6.94. The number of benzene rings is 2. The molecule has 0 bridgehead atoms. The number of ether oxygens (including phenoxy) is 5. The van der Waals surface area contributed by atoms with E-state index >= 15 is 0 Å². The van der Waals surface area contributed by atoms with Crippen LogP contribution in [0.15, 0.2) is 24.3 Å². The first kappa shape index (κ1) is 26.0. The molecule has 1 saturated heterocycles. The second-order valence-electron chi connectivity index (χ2n) is 10.2. The molecule has 2 unspecified atom stereocenters. The number of carbonyl (C=O) groups excluding carboxylic acids is 2. The lowest BCUT2D eigenvalue weighted by Gasteiger charge is -2.39. The maximum Gasteiger partial charge on any atom is 0.310 e. The Bertz CT molecular complexity index is 1200. The summed E-state index contributed by atoms with van der Waals surface area (Å²) in [5.41, 5.74) is 2.40. The zero-order valence-electron chi connectivity index (χ0n) is 22.1. The molecule has 4 atom stereocenters. The van der Waals surface area contributed by atoms with E-state index in [9.17, 15) is 14.7 Å².